The van der Waals surface area contributed by atoms with Gasteiger partial charge in [0.25, 0.3) is 5.60 Å². The van der Waals surface area contributed by atoms with Gasteiger partial charge in [0, 0.05) is 5.56 Å². The van der Waals surface area contributed by atoms with Crippen molar-refractivity contribution in [1.82, 2.24) is 0 Å². The van der Waals surface area contributed by atoms with Gasteiger partial charge in [0.05, 0.1) is 10.0 Å². The standard InChI is InChI=1S/C10H6Cl2F6O/c1-4-2-3-5(7(12)6(4)11)8(19,9(13,14)15)10(16,17)18/h2-3,19H,1H3. The zero-order valence-corrected chi connectivity index (χ0v) is 10.6. The van der Waals surface area contributed by atoms with Crippen molar-refractivity contribution in [2.75, 3.05) is 0 Å². The number of rotatable bonds is 1. The fourth-order valence-corrected chi connectivity index (χ4v) is 1.91. The van der Waals surface area contributed by atoms with Gasteiger partial charge in [0.2, 0.25) is 0 Å². The smallest absolute Gasteiger partial charge is 0.369 e. The molecular formula is C10H6Cl2F6O. The van der Waals surface area contributed by atoms with E-state index in [1.54, 1.807) is 0 Å². The largest absolute Gasteiger partial charge is 0.430 e. The van der Waals surface area contributed by atoms with E-state index >= 15 is 0 Å². The number of hydrogen-bond acceptors (Lipinski definition) is 1. The van der Waals surface area contributed by atoms with Crippen molar-refractivity contribution >= 4 is 23.2 Å². The highest BCUT2D eigenvalue weighted by atomic mass is 35.5. The Morgan fingerprint density at radius 2 is 1.32 bits per heavy atom. The molecule has 0 amide bonds. The maximum Gasteiger partial charge on any atom is 0.430 e. The minimum atomic E-state index is -5.99. The Kier molecular flexibility index (Phi) is 4.07. The van der Waals surface area contributed by atoms with Crippen molar-refractivity contribution in [3.05, 3.63) is 33.3 Å². The first kappa shape index (κ1) is 16.4. The summed E-state index contributed by atoms with van der Waals surface area (Å²) in [4.78, 5) is 0. The molecule has 0 bridgehead atoms. The van der Waals surface area contributed by atoms with Gasteiger partial charge in [-0.1, -0.05) is 35.3 Å². The molecule has 1 aromatic carbocycles. The molecule has 0 aromatic heterocycles. The van der Waals surface area contributed by atoms with Crippen LogP contribution in [0.1, 0.15) is 11.1 Å². The molecule has 108 valence electrons. The zero-order chi connectivity index (χ0) is 15.2. The molecule has 0 atom stereocenters. The molecule has 1 N–H and O–H groups in total. The third-order valence-corrected chi connectivity index (χ3v) is 3.46. The summed E-state index contributed by atoms with van der Waals surface area (Å²) in [5, 5.41) is 7.69. The molecule has 0 saturated carbocycles. The average molecular weight is 327 g/mol. The number of aliphatic hydroxyl groups is 1. The van der Waals surface area contributed by atoms with E-state index in [4.69, 9.17) is 28.3 Å². The summed E-state index contributed by atoms with van der Waals surface area (Å²) in [6, 6.07) is 1.36. The summed E-state index contributed by atoms with van der Waals surface area (Å²) < 4.78 is 75.8. The highest BCUT2D eigenvalue weighted by Crippen LogP contribution is 2.52. The van der Waals surface area contributed by atoms with E-state index in [1.165, 1.54) is 6.92 Å². The van der Waals surface area contributed by atoms with Crippen molar-refractivity contribution in [2.24, 2.45) is 0 Å². The SMILES string of the molecule is Cc1ccc(C(O)(C(F)(F)F)C(F)(F)F)c(Cl)c1Cl. The number of benzene rings is 1. The predicted molar refractivity (Wildman–Crippen MR) is 57.2 cm³/mol. The molecule has 0 fully saturated rings. The summed E-state index contributed by atoms with van der Waals surface area (Å²) in [6.45, 7) is 1.35. The van der Waals surface area contributed by atoms with Crippen molar-refractivity contribution < 1.29 is 31.4 Å². The molecule has 0 aliphatic carbocycles. The molecule has 1 rings (SSSR count). The summed E-state index contributed by atoms with van der Waals surface area (Å²) in [5.74, 6) is 0. The van der Waals surface area contributed by atoms with E-state index in [2.05, 4.69) is 0 Å². The van der Waals surface area contributed by atoms with Crippen molar-refractivity contribution in [2.45, 2.75) is 24.9 Å². The van der Waals surface area contributed by atoms with Crippen LogP contribution < -0.4 is 0 Å². The fraction of sp³-hybridized carbons (Fsp3) is 0.400. The van der Waals surface area contributed by atoms with E-state index < -0.39 is 33.6 Å². The summed E-state index contributed by atoms with van der Waals surface area (Å²) in [7, 11) is 0. The van der Waals surface area contributed by atoms with Gasteiger partial charge in [0.1, 0.15) is 0 Å². The van der Waals surface area contributed by atoms with Crippen LogP contribution in [0.3, 0.4) is 0 Å². The van der Waals surface area contributed by atoms with E-state index in [-0.39, 0.29) is 5.56 Å². The van der Waals surface area contributed by atoms with Gasteiger partial charge in [-0.2, -0.15) is 26.3 Å². The number of hydrogen-bond donors (Lipinski definition) is 1. The van der Waals surface area contributed by atoms with E-state index in [1.807, 2.05) is 0 Å². The molecule has 0 spiro atoms. The molecule has 9 heteroatoms. The van der Waals surface area contributed by atoms with Gasteiger partial charge >= 0.3 is 12.4 Å². The normalized spacial score (nSPS) is 13.8. The monoisotopic (exact) mass is 326 g/mol. The molecular weight excluding hydrogens is 321 g/mol. The quantitative estimate of drug-likeness (QED) is 0.747. The molecule has 1 nitrogen and oxygen atoms in total. The second-order valence-electron chi connectivity index (χ2n) is 3.76. The molecule has 19 heavy (non-hydrogen) atoms. The minimum Gasteiger partial charge on any atom is -0.369 e. The molecule has 1 aromatic rings. The Bertz CT molecular complexity index is 480. The highest BCUT2D eigenvalue weighted by Gasteiger charge is 2.72. The second-order valence-corrected chi connectivity index (χ2v) is 4.52. The first-order valence-corrected chi connectivity index (χ1v) is 5.40. The number of alkyl halides is 6. The van der Waals surface area contributed by atoms with Crippen LogP contribution >= 0.6 is 23.2 Å². The Hall–Kier alpha value is -0.660. The molecule has 0 heterocycles. The van der Waals surface area contributed by atoms with Crippen molar-refractivity contribution in [1.29, 1.82) is 0 Å². The zero-order valence-electron chi connectivity index (χ0n) is 9.13. The Labute approximate surface area is 113 Å². The van der Waals surface area contributed by atoms with Crippen LogP contribution in [0.5, 0.6) is 0 Å². The summed E-state index contributed by atoms with van der Waals surface area (Å²) >= 11 is 10.9. The van der Waals surface area contributed by atoms with Crippen LogP contribution in [0.2, 0.25) is 10.0 Å². The number of aryl methyl sites for hydroxylation is 1. The average Bonchev–Trinajstić information content (AvgIpc) is 2.22. The highest BCUT2D eigenvalue weighted by molar-refractivity contribution is 6.43. The minimum absolute atomic E-state index is 0.183. The summed E-state index contributed by atoms with van der Waals surface area (Å²) in [5.41, 5.74) is -6.44. The lowest BCUT2D eigenvalue weighted by Gasteiger charge is -2.33. The lowest BCUT2D eigenvalue weighted by atomic mass is 9.91. The van der Waals surface area contributed by atoms with Crippen molar-refractivity contribution in [3.8, 4) is 0 Å². The topological polar surface area (TPSA) is 20.2 Å². The van der Waals surface area contributed by atoms with E-state index in [0.29, 0.717) is 6.07 Å². The third kappa shape index (κ3) is 2.51. The van der Waals surface area contributed by atoms with Crippen LogP contribution in [0.4, 0.5) is 26.3 Å². The van der Waals surface area contributed by atoms with Crippen LogP contribution in [0.15, 0.2) is 12.1 Å². The van der Waals surface area contributed by atoms with Crippen molar-refractivity contribution in [3.63, 3.8) is 0 Å². The fourth-order valence-electron chi connectivity index (χ4n) is 1.39. The van der Waals surface area contributed by atoms with Gasteiger partial charge in [-0.15, -0.1) is 0 Å². The molecule has 0 saturated heterocycles. The predicted octanol–water partition coefficient (Wildman–Crippen LogP) is 4.61. The lowest BCUT2D eigenvalue weighted by molar-refractivity contribution is -0.376. The van der Waals surface area contributed by atoms with Gasteiger partial charge < -0.3 is 5.11 Å². The van der Waals surface area contributed by atoms with Gasteiger partial charge in [0.15, 0.2) is 0 Å². The van der Waals surface area contributed by atoms with Gasteiger partial charge in [-0.3, -0.25) is 0 Å². The lowest BCUT2D eigenvalue weighted by Crippen LogP contribution is -2.54. The molecule has 0 unspecified atom stereocenters. The molecule has 0 aliphatic heterocycles. The first-order chi connectivity index (χ1) is 8.34. The van der Waals surface area contributed by atoms with Gasteiger partial charge in [-0.25, -0.2) is 0 Å². The Morgan fingerprint density at radius 3 is 1.68 bits per heavy atom. The maximum atomic E-state index is 12.6. The van der Waals surface area contributed by atoms with Crippen LogP contribution in [0, 0.1) is 6.92 Å². The first-order valence-electron chi connectivity index (χ1n) is 4.65. The summed E-state index contributed by atoms with van der Waals surface area (Å²) in [6.07, 6.45) is -12.0. The van der Waals surface area contributed by atoms with E-state index in [0.717, 1.165) is 6.07 Å². The van der Waals surface area contributed by atoms with Gasteiger partial charge in [-0.05, 0) is 12.5 Å². The maximum absolute atomic E-state index is 12.6. The Balaban J connectivity index is 3.67. The second kappa shape index (κ2) is 4.71. The van der Waals surface area contributed by atoms with E-state index in [9.17, 15) is 26.3 Å². The van der Waals surface area contributed by atoms with Crippen LogP contribution in [-0.2, 0) is 5.60 Å². The van der Waals surface area contributed by atoms with Crippen LogP contribution in [0.25, 0.3) is 0 Å². The molecule has 0 aliphatic rings. The third-order valence-electron chi connectivity index (χ3n) is 2.49. The molecule has 0 radical (unpaired) electrons. The Morgan fingerprint density at radius 1 is 0.895 bits per heavy atom. The van der Waals surface area contributed by atoms with Crippen LogP contribution in [-0.4, -0.2) is 17.5 Å². The number of halogens is 8.